The maximum Gasteiger partial charge on any atom is 0.253 e. The van der Waals surface area contributed by atoms with E-state index in [0.29, 0.717) is 62.8 Å². The normalized spacial score (nSPS) is 21.0. The molecule has 1 aromatic heterocycles. The van der Waals surface area contributed by atoms with E-state index >= 15 is 0 Å². The quantitative estimate of drug-likeness (QED) is 0.776. The summed E-state index contributed by atoms with van der Waals surface area (Å²) < 4.78 is 24.4. The van der Waals surface area contributed by atoms with Crippen LogP contribution in [0, 0.1) is 0 Å². The minimum Gasteiger partial charge on any atom is -0.436 e. The zero-order chi connectivity index (χ0) is 20.7. The molecule has 3 heterocycles. The molecular formula is C22H22FN3O4. The minimum absolute atomic E-state index is 0.0288. The fraction of sp³-hybridized carbons (Fsp3) is 0.409. The zero-order valence-electron chi connectivity index (χ0n) is 16.5. The third-order valence-electron chi connectivity index (χ3n) is 5.85. The molecule has 8 heteroatoms. The van der Waals surface area contributed by atoms with Crippen LogP contribution in [-0.4, -0.2) is 65.5 Å². The molecule has 2 saturated heterocycles. The number of ether oxygens (including phenoxy) is 1. The topological polar surface area (TPSA) is 75.9 Å². The molecule has 2 amide bonds. The predicted molar refractivity (Wildman–Crippen MR) is 106 cm³/mol. The van der Waals surface area contributed by atoms with Gasteiger partial charge in [-0.2, -0.15) is 0 Å². The maximum atomic E-state index is 13.4. The summed E-state index contributed by atoms with van der Waals surface area (Å²) >= 11 is 0. The lowest BCUT2D eigenvalue weighted by Gasteiger charge is -2.38. The largest absolute Gasteiger partial charge is 0.436 e. The maximum absolute atomic E-state index is 13.4. The van der Waals surface area contributed by atoms with Gasteiger partial charge in [0.2, 0.25) is 5.89 Å². The third kappa shape index (κ3) is 3.52. The van der Waals surface area contributed by atoms with Gasteiger partial charge >= 0.3 is 0 Å². The monoisotopic (exact) mass is 411 g/mol. The van der Waals surface area contributed by atoms with Crippen LogP contribution in [-0.2, 0) is 16.0 Å². The smallest absolute Gasteiger partial charge is 0.253 e. The number of allylic oxidation sites excluding steroid dienone is 1. The van der Waals surface area contributed by atoms with Crippen molar-refractivity contribution in [2.75, 3.05) is 32.8 Å². The molecule has 0 radical (unpaired) electrons. The fourth-order valence-corrected chi connectivity index (χ4v) is 3.93. The first-order valence-electron chi connectivity index (χ1n) is 10.2. The number of hydrogen-bond donors (Lipinski definition) is 0. The van der Waals surface area contributed by atoms with Crippen LogP contribution in [0.25, 0.3) is 17.5 Å². The molecule has 3 aliphatic rings. The van der Waals surface area contributed by atoms with Crippen molar-refractivity contribution in [2.24, 2.45) is 0 Å². The standard InChI is InChI=1S/C22H22FN3O4/c23-16-5-6-17-19(13-16)30-20(24-17)14-1-3-15(4-2-14)21(27)25-8-10-26(11-9-25)22(28)18-7-12-29-18/h1-4,13,18H,5-12H2. The molecule has 1 aliphatic carbocycles. The Balaban J connectivity index is 1.23. The lowest BCUT2D eigenvalue weighted by Crippen LogP contribution is -2.54. The van der Waals surface area contributed by atoms with Gasteiger partial charge in [-0.25, -0.2) is 9.37 Å². The Kier molecular flexibility index (Phi) is 4.86. The van der Waals surface area contributed by atoms with E-state index in [1.54, 1.807) is 34.1 Å². The molecular weight excluding hydrogens is 389 g/mol. The first-order valence-corrected chi connectivity index (χ1v) is 10.2. The van der Waals surface area contributed by atoms with Gasteiger partial charge in [0.15, 0.2) is 5.76 Å². The Labute approximate surface area is 173 Å². The summed E-state index contributed by atoms with van der Waals surface area (Å²) in [5, 5.41) is 0. The van der Waals surface area contributed by atoms with Gasteiger partial charge in [-0.15, -0.1) is 0 Å². The summed E-state index contributed by atoms with van der Waals surface area (Å²) in [6, 6.07) is 7.07. The van der Waals surface area contributed by atoms with Gasteiger partial charge in [-0.1, -0.05) is 0 Å². The number of oxazole rings is 1. The van der Waals surface area contributed by atoms with Crippen LogP contribution in [0.15, 0.2) is 34.5 Å². The number of hydrogen-bond acceptors (Lipinski definition) is 5. The Morgan fingerprint density at radius 3 is 2.40 bits per heavy atom. The number of carbonyl (C=O) groups is 2. The number of benzene rings is 1. The fourth-order valence-electron chi connectivity index (χ4n) is 3.93. The first-order chi connectivity index (χ1) is 14.6. The van der Waals surface area contributed by atoms with Gasteiger partial charge in [0.05, 0.1) is 12.3 Å². The molecule has 1 atom stereocenters. The van der Waals surface area contributed by atoms with E-state index in [4.69, 9.17) is 9.15 Å². The van der Waals surface area contributed by atoms with E-state index in [1.165, 1.54) is 6.08 Å². The van der Waals surface area contributed by atoms with Crippen molar-refractivity contribution >= 4 is 17.9 Å². The number of halogens is 1. The number of aryl methyl sites for hydroxylation is 1. The summed E-state index contributed by atoms with van der Waals surface area (Å²) in [6.45, 7) is 2.70. The van der Waals surface area contributed by atoms with Crippen molar-refractivity contribution in [3.8, 4) is 11.5 Å². The molecule has 5 rings (SSSR count). The number of nitrogens with zero attached hydrogens (tertiary/aromatic N) is 3. The van der Waals surface area contributed by atoms with Crippen molar-refractivity contribution in [2.45, 2.75) is 25.4 Å². The summed E-state index contributed by atoms with van der Waals surface area (Å²) in [4.78, 5) is 33.1. The molecule has 0 spiro atoms. The Morgan fingerprint density at radius 2 is 1.73 bits per heavy atom. The van der Waals surface area contributed by atoms with Gasteiger partial charge in [-0.3, -0.25) is 9.59 Å². The predicted octanol–water partition coefficient (Wildman–Crippen LogP) is 2.67. The van der Waals surface area contributed by atoms with E-state index in [0.717, 1.165) is 17.7 Å². The van der Waals surface area contributed by atoms with Gasteiger partial charge in [-0.05, 0) is 30.7 Å². The lowest BCUT2D eigenvalue weighted by molar-refractivity contribution is -0.157. The summed E-state index contributed by atoms with van der Waals surface area (Å²) in [7, 11) is 0. The van der Waals surface area contributed by atoms with Gasteiger partial charge in [0.1, 0.15) is 11.9 Å². The van der Waals surface area contributed by atoms with E-state index in [9.17, 15) is 14.0 Å². The molecule has 0 saturated carbocycles. The highest BCUT2D eigenvalue weighted by Crippen LogP contribution is 2.29. The van der Waals surface area contributed by atoms with Crippen LogP contribution in [0.4, 0.5) is 4.39 Å². The molecule has 1 unspecified atom stereocenters. The number of amides is 2. The van der Waals surface area contributed by atoms with Crippen molar-refractivity contribution in [3.63, 3.8) is 0 Å². The molecule has 7 nitrogen and oxygen atoms in total. The molecule has 2 aliphatic heterocycles. The van der Waals surface area contributed by atoms with Crippen LogP contribution in [0.1, 0.15) is 34.7 Å². The molecule has 0 N–H and O–H groups in total. The number of rotatable bonds is 3. The molecule has 30 heavy (non-hydrogen) atoms. The minimum atomic E-state index is -0.298. The second-order valence-corrected chi connectivity index (χ2v) is 7.76. The van der Waals surface area contributed by atoms with Crippen molar-refractivity contribution in [1.29, 1.82) is 0 Å². The first kappa shape index (κ1) is 19.0. The van der Waals surface area contributed by atoms with Crippen molar-refractivity contribution < 1.29 is 23.1 Å². The van der Waals surface area contributed by atoms with Crippen molar-refractivity contribution in [3.05, 3.63) is 47.1 Å². The summed E-state index contributed by atoms with van der Waals surface area (Å²) in [5.41, 5.74) is 2.07. The molecule has 0 bridgehead atoms. The van der Waals surface area contributed by atoms with E-state index in [1.807, 2.05) is 0 Å². The van der Waals surface area contributed by atoms with Crippen LogP contribution in [0.5, 0.6) is 0 Å². The van der Waals surface area contributed by atoms with E-state index in [-0.39, 0.29) is 23.7 Å². The van der Waals surface area contributed by atoms with Crippen LogP contribution < -0.4 is 0 Å². The summed E-state index contributed by atoms with van der Waals surface area (Å²) in [6.07, 6.45) is 2.74. The van der Waals surface area contributed by atoms with Crippen LogP contribution >= 0.6 is 0 Å². The summed E-state index contributed by atoms with van der Waals surface area (Å²) in [5.74, 6) is 0.656. The SMILES string of the molecule is O=C(c1ccc(-c2nc3c(o2)C=C(F)CC3)cc1)N1CCN(C(=O)C2CCO2)CC1. The highest BCUT2D eigenvalue weighted by Gasteiger charge is 2.33. The Hall–Kier alpha value is -3.00. The highest BCUT2D eigenvalue weighted by atomic mass is 19.1. The molecule has 156 valence electrons. The zero-order valence-corrected chi connectivity index (χ0v) is 16.5. The van der Waals surface area contributed by atoms with Gasteiger partial charge < -0.3 is 19.0 Å². The number of carbonyl (C=O) groups excluding carboxylic acids is 2. The molecule has 1 aromatic carbocycles. The van der Waals surface area contributed by atoms with Crippen LogP contribution in [0.2, 0.25) is 0 Å². The second-order valence-electron chi connectivity index (χ2n) is 7.76. The van der Waals surface area contributed by atoms with Gasteiger partial charge in [0, 0.05) is 56.2 Å². The number of aromatic nitrogens is 1. The third-order valence-corrected chi connectivity index (χ3v) is 5.85. The Morgan fingerprint density at radius 1 is 1.03 bits per heavy atom. The van der Waals surface area contributed by atoms with E-state index < -0.39 is 0 Å². The van der Waals surface area contributed by atoms with E-state index in [2.05, 4.69) is 4.98 Å². The highest BCUT2D eigenvalue weighted by molar-refractivity contribution is 5.95. The number of fused-ring (bicyclic) bond motifs is 1. The lowest BCUT2D eigenvalue weighted by atomic mass is 10.1. The average Bonchev–Trinajstić information content (AvgIpc) is 3.15. The Bertz CT molecular complexity index is 1000. The molecule has 2 aromatic rings. The molecule has 2 fully saturated rings. The van der Waals surface area contributed by atoms with Gasteiger partial charge in [0.25, 0.3) is 11.8 Å². The van der Waals surface area contributed by atoms with Crippen LogP contribution in [0.3, 0.4) is 0 Å². The average molecular weight is 411 g/mol. The second kappa shape index (κ2) is 7.68. The number of piperazine rings is 1. The van der Waals surface area contributed by atoms with Crippen molar-refractivity contribution in [1.82, 2.24) is 14.8 Å².